The van der Waals surface area contributed by atoms with Crippen LogP contribution in [0.2, 0.25) is 0 Å². The van der Waals surface area contributed by atoms with Crippen LogP contribution in [0.15, 0.2) is 42.1 Å². The minimum absolute atomic E-state index is 0.0385. The number of hydrogen-bond acceptors (Lipinski definition) is 3. The Hall–Kier alpha value is -2.01. The summed E-state index contributed by atoms with van der Waals surface area (Å²) in [4.78, 5) is 13.9. The molecule has 2 amide bonds. The van der Waals surface area contributed by atoms with Gasteiger partial charge in [-0.05, 0) is 18.2 Å². The molecule has 0 bridgehead atoms. The largest absolute Gasteiger partial charge is 0.325 e. The summed E-state index contributed by atoms with van der Waals surface area (Å²) in [5.74, 6) is 0.389. The minimum atomic E-state index is -0.0385. The van der Waals surface area contributed by atoms with Crippen molar-refractivity contribution in [2.75, 3.05) is 25.0 Å². The van der Waals surface area contributed by atoms with Crippen molar-refractivity contribution >= 4 is 11.7 Å². The zero-order valence-electron chi connectivity index (χ0n) is 10.0. The van der Waals surface area contributed by atoms with Crippen molar-refractivity contribution in [1.82, 2.24) is 15.8 Å². The van der Waals surface area contributed by atoms with Crippen LogP contribution in [0.3, 0.4) is 0 Å². The van der Waals surface area contributed by atoms with Gasteiger partial charge < -0.3 is 15.6 Å². The van der Waals surface area contributed by atoms with Crippen LogP contribution in [0.4, 0.5) is 10.5 Å². The molecule has 1 atom stereocenters. The van der Waals surface area contributed by atoms with Crippen molar-refractivity contribution in [1.29, 1.82) is 0 Å². The van der Waals surface area contributed by atoms with Crippen LogP contribution in [0.1, 0.15) is 0 Å². The summed E-state index contributed by atoms with van der Waals surface area (Å²) in [5.41, 5.74) is 8.26. The number of anilines is 1. The molecule has 94 valence electrons. The highest BCUT2D eigenvalue weighted by Crippen LogP contribution is 2.19. The van der Waals surface area contributed by atoms with Gasteiger partial charge in [-0.1, -0.05) is 18.2 Å². The lowest BCUT2D eigenvalue weighted by Gasteiger charge is -2.28. The molecule has 2 aliphatic rings. The van der Waals surface area contributed by atoms with E-state index in [1.807, 2.05) is 35.2 Å². The minimum Gasteiger partial charge on any atom is -0.325 e. The van der Waals surface area contributed by atoms with Crippen molar-refractivity contribution in [3.63, 3.8) is 0 Å². The number of nitrogens with zero attached hydrogens (tertiary/aromatic N) is 1. The number of carbonyl (C=O) groups is 1. The van der Waals surface area contributed by atoms with Gasteiger partial charge in [0, 0.05) is 36.9 Å². The molecule has 2 heterocycles. The summed E-state index contributed by atoms with van der Waals surface area (Å²) in [6.07, 6.45) is 2.07. The van der Waals surface area contributed by atoms with E-state index in [1.54, 1.807) is 0 Å². The maximum absolute atomic E-state index is 12.1. The summed E-state index contributed by atoms with van der Waals surface area (Å²) in [6.45, 7) is 2.28. The normalized spacial score (nSPS) is 21.9. The Labute approximate surface area is 106 Å². The van der Waals surface area contributed by atoms with Gasteiger partial charge in [-0.3, -0.25) is 0 Å². The molecule has 1 unspecified atom stereocenters. The third-order valence-corrected chi connectivity index (χ3v) is 3.31. The van der Waals surface area contributed by atoms with Crippen LogP contribution >= 0.6 is 0 Å². The van der Waals surface area contributed by atoms with Gasteiger partial charge >= 0.3 is 6.03 Å². The van der Waals surface area contributed by atoms with Crippen molar-refractivity contribution in [3.05, 3.63) is 42.1 Å². The quantitative estimate of drug-likeness (QED) is 0.694. The van der Waals surface area contributed by atoms with E-state index in [-0.39, 0.29) is 6.03 Å². The molecule has 0 aliphatic carbocycles. The van der Waals surface area contributed by atoms with Crippen LogP contribution in [-0.2, 0) is 0 Å². The van der Waals surface area contributed by atoms with Gasteiger partial charge in [0.15, 0.2) is 0 Å². The average Bonchev–Trinajstić information content (AvgIpc) is 2.87. The molecule has 5 nitrogen and oxygen atoms in total. The molecule has 0 radical (unpaired) electrons. The smallest absolute Gasteiger partial charge is 0.322 e. The summed E-state index contributed by atoms with van der Waals surface area (Å²) >= 11 is 0. The van der Waals surface area contributed by atoms with Crippen molar-refractivity contribution in [2.24, 2.45) is 5.92 Å². The van der Waals surface area contributed by atoms with E-state index in [4.69, 9.17) is 0 Å². The molecule has 0 spiro atoms. The lowest BCUT2D eigenvalue weighted by atomic mass is 10.0. The molecule has 1 aromatic carbocycles. The van der Waals surface area contributed by atoms with E-state index in [9.17, 15) is 4.79 Å². The van der Waals surface area contributed by atoms with Gasteiger partial charge in [0.1, 0.15) is 0 Å². The monoisotopic (exact) mass is 244 g/mol. The maximum atomic E-state index is 12.1. The first-order valence-corrected chi connectivity index (χ1v) is 6.13. The molecule has 5 heteroatoms. The molecule has 2 aliphatic heterocycles. The number of hydrogen-bond donors (Lipinski definition) is 3. The van der Waals surface area contributed by atoms with Gasteiger partial charge in [0.25, 0.3) is 0 Å². The van der Waals surface area contributed by atoms with Gasteiger partial charge in [0.05, 0.1) is 0 Å². The second-order valence-corrected chi connectivity index (χ2v) is 4.56. The Bertz CT molecular complexity index is 471. The summed E-state index contributed by atoms with van der Waals surface area (Å²) in [5, 5.41) is 2.91. The summed E-state index contributed by atoms with van der Waals surface area (Å²) in [6, 6.07) is 9.50. The lowest BCUT2D eigenvalue weighted by Crippen LogP contribution is -2.42. The number of benzene rings is 1. The van der Waals surface area contributed by atoms with Crippen molar-refractivity contribution < 1.29 is 4.79 Å². The van der Waals surface area contributed by atoms with Crippen LogP contribution in [0, 0.1) is 5.92 Å². The molecule has 18 heavy (non-hydrogen) atoms. The van der Waals surface area contributed by atoms with Gasteiger partial charge in [-0.15, -0.1) is 0 Å². The van der Waals surface area contributed by atoms with Crippen LogP contribution in [-0.4, -0.2) is 30.6 Å². The maximum Gasteiger partial charge on any atom is 0.322 e. The van der Waals surface area contributed by atoms with E-state index >= 15 is 0 Å². The molecule has 3 N–H and O–H groups in total. The number of amides is 2. The Kier molecular flexibility index (Phi) is 2.90. The van der Waals surface area contributed by atoms with Crippen molar-refractivity contribution in [3.8, 4) is 0 Å². The number of urea groups is 1. The molecule has 1 saturated heterocycles. The Morgan fingerprint density at radius 3 is 3.00 bits per heavy atom. The van der Waals surface area contributed by atoms with E-state index in [0.29, 0.717) is 12.5 Å². The van der Waals surface area contributed by atoms with E-state index in [2.05, 4.69) is 22.2 Å². The van der Waals surface area contributed by atoms with Crippen LogP contribution in [0.5, 0.6) is 0 Å². The third kappa shape index (κ3) is 2.17. The highest BCUT2D eigenvalue weighted by atomic mass is 16.2. The van der Waals surface area contributed by atoms with E-state index in [1.165, 1.54) is 5.70 Å². The van der Waals surface area contributed by atoms with Crippen molar-refractivity contribution in [2.45, 2.75) is 0 Å². The van der Waals surface area contributed by atoms with Crippen LogP contribution in [0.25, 0.3) is 0 Å². The lowest BCUT2D eigenvalue weighted by molar-refractivity contribution is 0.209. The zero-order chi connectivity index (χ0) is 12.4. The predicted octanol–water partition coefficient (Wildman–Crippen LogP) is 1.14. The second kappa shape index (κ2) is 4.70. The molecule has 1 aromatic rings. The number of carbonyl (C=O) groups excluding carboxylic acids is 1. The van der Waals surface area contributed by atoms with Gasteiger partial charge in [-0.25, -0.2) is 10.2 Å². The fourth-order valence-electron chi connectivity index (χ4n) is 2.31. The Morgan fingerprint density at radius 2 is 2.17 bits per heavy atom. The zero-order valence-corrected chi connectivity index (χ0v) is 10.0. The standard InChI is InChI=1S/C13H16N4O/c18-13(15-11-4-2-1-3-5-11)17-7-6-12-10(9-17)8-14-16-12/h1-6,10,14,16H,7-9H2,(H,15,18). The fraction of sp³-hybridized carbons (Fsp3) is 0.308. The second-order valence-electron chi connectivity index (χ2n) is 4.56. The fourth-order valence-corrected chi connectivity index (χ4v) is 2.31. The van der Waals surface area contributed by atoms with Crippen LogP contribution < -0.4 is 16.2 Å². The summed E-state index contributed by atoms with van der Waals surface area (Å²) < 4.78 is 0. The number of hydrazine groups is 1. The molecular formula is C13H16N4O. The first kappa shape index (κ1) is 11.1. The topological polar surface area (TPSA) is 56.4 Å². The Morgan fingerprint density at radius 1 is 1.33 bits per heavy atom. The third-order valence-electron chi connectivity index (χ3n) is 3.31. The number of fused-ring (bicyclic) bond motifs is 1. The van der Waals surface area contributed by atoms with E-state index < -0.39 is 0 Å². The SMILES string of the molecule is O=C(Nc1ccccc1)N1CC=C2NNCC2C1. The number of para-hydroxylation sites is 1. The highest BCUT2D eigenvalue weighted by molar-refractivity contribution is 5.89. The first-order valence-electron chi connectivity index (χ1n) is 6.13. The Balaban J connectivity index is 1.64. The van der Waals surface area contributed by atoms with E-state index in [0.717, 1.165) is 18.8 Å². The number of nitrogens with one attached hydrogen (secondary N) is 3. The molecule has 0 aromatic heterocycles. The first-order chi connectivity index (χ1) is 8.83. The van der Waals surface area contributed by atoms with Gasteiger partial charge in [0.2, 0.25) is 0 Å². The highest BCUT2D eigenvalue weighted by Gasteiger charge is 2.28. The molecular weight excluding hydrogens is 228 g/mol. The van der Waals surface area contributed by atoms with Gasteiger partial charge in [-0.2, -0.15) is 0 Å². The molecule has 3 rings (SSSR count). The molecule has 0 saturated carbocycles. The summed E-state index contributed by atoms with van der Waals surface area (Å²) in [7, 11) is 0. The predicted molar refractivity (Wildman–Crippen MR) is 69.7 cm³/mol. The molecule has 1 fully saturated rings. The number of rotatable bonds is 1. The average molecular weight is 244 g/mol.